The van der Waals surface area contributed by atoms with E-state index in [-0.39, 0.29) is 17.9 Å². The number of benzene rings is 1. The Morgan fingerprint density at radius 1 is 0.970 bits per heavy atom. The Bertz CT molecular complexity index is 1220. The number of carbonyl (C=O) groups is 2. The van der Waals surface area contributed by atoms with E-state index in [1.807, 2.05) is 55.0 Å². The second-order valence-corrected chi connectivity index (χ2v) is 9.27. The number of hydrogen-bond acceptors (Lipinski definition) is 4. The lowest BCUT2D eigenvalue weighted by Gasteiger charge is -2.27. The van der Waals surface area contributed by atoms with Crippen molar-refractivity contribution in [3.8, 4) is 0 Å². The molecule has 0 aliphatic carbocycles. The molecule has 2 aliphatic heterocycles. The minimum absolute atomic E-state index is 0.0180. The van der Waals surface area contributed by atoms with Gasteiger partial charge in [0.25, 0.3) is 11.8 Å². The summed E-state index contributed by atoms with van der Waals surface area (Å²) in [5, 5.41) is 0.979. The monoisotopic (exact) mass is 445 g/mol. The van der Waals surface area contributed by atoms with Gasteiger partial charge in [0.05, 0.1) is 22.9 Å². The molecule has 0 N–H and O–H groups in total. The standard InChI is InChI=1S/C26H31N5O2/c1-17-20(25(32)30-13-7-4-8-14-30)16-27-24(28-17)22-12-9-15-31(22)26(33)23-18(2)29(3)21-11-6-5-10-19(21)23/h5-6,10-11,16,22H,4,7-9,12-15H2,1-3H3/t22-/m1/s1. The molecule has 2 aliphatic rings. The summed E-state index contributed by atoms with van der Waals surface area (Å²) in [7, 11) is 2.00. The van der Waals surface area contributed by atoms with Crippen molar-refractivity contribution >= 4 is 22.7 Å². The zero-order valence-electron chi connectivity index (χ0n) is 19.7. The van der Waals surface area contributed by atoms with E-state index in [1.54, 1.807) is 6.20 Å². The van der Waals surface area contributed by atoms with E-state index in [0.717, 1.165) is 60.9 Å². The number of carbonyl (C=O) groups excluding carboxylic acids is 2. The number of piperidine rings is 1. The van der Waals surface area contributed by atoms with Gasteiger partial charge in [-0.05, 0) is 52.0 Å². The predicted molar refractivity (Wildman–Crippen MR) is 127 cm³/mol. The van der Waals surface area contributed by atoms with Crippen LogP contribution in [0.2, 0.25) is 0 Å². The molecule has 5 rings (SSSR count). The van der Waals surface area contributed by atoms with Gasteiger partial charge in [0, 0.05) is 49.5 Å². The Morgan fingerprint density at radius 3 is 2.48 bits per heavy atom. The molecule has 4 heterocycles. The molecule has 2 fully saturated rings. The number of rotatable bonds is 3. The van der Waals surface area contributed by atoms with Gasteiger partial charge in [-0.3, -0.25) is 9.59 Å². The van der Waals surface area contributed by atoms with Gasteiger partial charge in [-0.15, -0.1) is 0 Å². The molecular weight excluding hydrogens is 414 g/mol. The molecule has 0 unspecified atom stereocenters. The van der Waals surface area contributed by atoms with Gasteiger partial charge >= 0.3 is 0 Å². The molecule has 3 aromatic rings. The van der Waals surface area contributed by atoms with Crippen molar-refractivity contribution in [3.63, 3.8) is 0 Å². The van der Waals surface area contributed by atoms with E-state index in [9.17, 15) is 9.59 Å². The number of aryl methyl sites for hydroxylation is 2. The van der Waals surface area contributed by atoms with E-state index in [4.69, 9.17) is 4.98 Å². The van der Waals surface area contributed by atoms with Crippen LogP contribution in [0.1, 0.15) is 76.1 Å². The molecule has 7 heteroatoms. The molecule has 0 saturated carbocycles. The molecule has 7 nitrogen and oxygen atoms in total. The van der Waals surface area contributed by atoms with E-state index in [0.29, 0.717) is 23.6 Å². The largest absolute Gasteiger partial charge is 0.347 e. The molecule has 0 bridgehead atoms. The third-order valence-electron chi connectivity index (χ3n) is 7.30. The lowest BCUT2D eigenvalue weighted by Crippen LogP contribution is -2.36. The first-order valence-electron chi connectivity index (χ1n) is 11.9. The smallest absolute Gasteiger partial charge is 0.257 e. The van der Waals surface area contributed by atoms with Crippen LogP contribution in [0.4, 0.5) is 0 Å². The Balaban J connectivity index is 1.43. The Morgan fingerprint density at radius 2 is 1.73 bits per heavy atom. The first-order chi connectivity index (χ1) is 16.0. The molecule has 33 heavy (non-hydrogen) atoms. The van der Waals surface area contributed by atoms with Crippen LogP contribution in [0.25, 0.3) is 10.9 Å². The molecule has 0 radical (unpaired) electrons. The summed E-state index contributed by atoms with van der Waals surface area (Å²) in [6.45, 7) is 6.16. The van der Waals surface area contributed by atoms with Gasteiger partial charge in [-0.25, -0.2) is 9.97 Å². The number of aromatic nitrogens is 3. The number of amides is 2. The van der Waals surface area contributed by atoms with Gasteiger partial charge in [-0.2, -0.15) is 0 Å². The predicted octanol–water partition coefficient (Wildman–Crippen LogP) is 4.19. The van der Waals surface area contributed by atoms with E-state index < -0.39 is 0 Å². The lowest BCUT2D eigenvalue weighted by atomic mass is 10.1. The maximum atomic E-state index is 13.7. The fourth-order valence-electron chi connectivity index (χ4n) is 5.34. The topological polar surface area (TPSA) is 71.3 Å². The fraction of sp³-hybridized carbons (Fsp3) is 0.462. The van der Waals surface area contributed by atoms with Crippen molar-refractivity contribution < 1.29 is 9.59 Å². The van der Waals surface area contributed by atoms with Crippen molar-refractivity contribution in [2.45, 2.75) is 52.0 Å². The molecule has 2 saturated heterocycles. The van der Waals surface area contributed by atoms with Crippen molar-refractivity contribution in [1.82, 2.24) is 24.3 Å². The summed E-state index contributed by atoms with van der Waals surface area (Å²) >= 11 is 0. The molecule has 2 aromatic heterocycles. The summed E-state index contributed by atoms with van der Waals surface area (Å²) in [6.07, 6.45) is 6.69. The minimum Gasteiger partial charge on any atom is -0.347 e. The van der Waals surface area contributed by atoms with Gasteiger partial charge in [0.2, 0.25) is 0 Å². The SMILES string of the molecule is Cc1nc([C@H]2CCCN2C(=O)c2c(C)n(C)c3ccccc23)ncc1C(=O)N1CCCCC1. The number of para-hydroxylation sites is 1. The van der Waals surface area contributed by atoms with Crippen molar-refractivity contribution in [3.05, 3.63) is 58.8 Å². The Kier molecular flexibility index (Phi) is 5.64. The third-order valence-corrected chi connectivity index (χ3v) is 7.30. The lowest BCUT2D eigenvalue weighted by molar-refractivity contribution is 0.0712. The Labute approximate surface area is 194 Å². The maximum Gasteiger partial charge on any atom is 0.257 e. The maximum absolute atomic E-state index is 13.7. The summed E-state index contributed by atoms with van der Waals surface area (Å²) in [5.74, 6) is 0.678. The van der Waals surface area contributed by atoms with Crippen LogP contribution in [0.15, 0.2) is 30.5 Å². The van der Waals surface area contributed by atoms with Crippen LogP contribution in [0.3, 0.4) is 0 Å². The highest BCUT2D eigenvalue weighted by Crippen LogP contribution is 2.34. The molecule has 0 spiro atoms. The van der Waals surface area contributed by atoms with Gasteiger partial charge in [-0.1, -0.05) is 18.2 Å². The van der Waals surface area contributed by atoms with Gasteiger partial charge in [0.1, 0.15) is 0 Å². The van der Waals surface area contributed by atoms with Crippen molar-refractivity contribution in [2.75, 3.05) is 19.6 Å². The van der Waals surface area contributed by atoms with Crippen LogP contribution < -0.4 is 0 Å². The number of hydrogen-bond donors (Lipinski definition) is 0. The highest BCUT2D eigenvalue weighted by atomic mass is 16.2. The summed E-state index contributed by atoms with van der Waals surface area (Å²) < 4.78 is 2.08. The summed E-state index contributed by atoms with van der Waals surface area (Å²) in [4.78, 5) is 39.8. The fourth-order valence-corrected chi connectivity index (χ4v) is 5.34. The highest BCUT2D eigenvalue weighted by Gasteiger charge is 2.35. The summed E-state index contributed by atoms with van der Waals surface area (Å²) in [5.41, 5.74) is 4.04. The summed E-state index contributed by atoms with van der Waals surface area (Å²) in [6, 6.07) is 7.87. The van der Waals surface area contributed by atoms with Crippen LogP contribution in [-0.2, 0) is 7.05 Å². The third kappa shape index (κ3) is 3.69. The second kappa shape index (κ2) is 8.61. The zero-order valence-corrected chi connectivity index (χ0v) is 19.7. The molecule has 172 valence electrons. The average molecular weight is 446 g/mol. The first kappa shape index (κ1) is 21.6. The molecule has 2 amide bonds. The minimum atomic E-state index is -0.172. The van der Waals surface area contributed by atoms with Gasteiger partial charge < -0.3 is 14.4 Å². The quantitative estimate of drug-likeness (QED) is 0.606. The Hall–Kier alpha value is -3.22. The highest BCUT2D eigenvalue weighted by molar-refractivity contribution is 6.08. The number of nitrogens with zero attached hydrogens (tertiary/aromatic N) is 5. The number of fused-ring (bicyclic) bond motifs is 1. The average Bonchev–Trinajstić information content (AvgIpc) is 3.43. The second-order valence-electron chi connectivity index (χ2n) is 9.27. The van der Waals surface area contributed by atoms with E-state index in [1.165, 1.54) is 6.42 Å². The zero-order chi connectivity index (χ0) is 23.1. The van der Waals surface area contributed by atoms with Crippen LogP contribution in [0, 0.1) is 13.8 Å². The van der Waals surface area contributed by atoms with Crippen molar-refractivity contribution in [1.29, 1.82) is 0 Å². The van der Waals surface area contributed by atoms with E-state index >= 15 is 0 Å². The molecular formula is C26H31N5O2. The molecule has 1 aromatic carbocycles. The van der Waals surface area contributed by atoms with Crippen LogP contribution in [0.5, 0.6) is 0 Å². The van der Waals surface area contributed by atoms with Gasteiger partial charge in [0.15, 0.2) is 5.82 Å². The first-order valence-corrected chi connectivity index (χ1v) is 11.9. The van der Waals surface area contributed by atoms with Crippen LogP contribution in [-0.4, -0.2) is 55.8 Å². The molecule has 1 atom stereocenters. The van der Waals surface area contributed by atoms with E-state index in [2.05, 4.69) is 9.55 Å². The number of likely N-dealkylation sites (tertiary alicyclic amines) is 2. The normalized spacial score (nSPS) is 18.8. The van der Waals surface area contributed by atoms with Crippen molar-refractivity contribution in [2.24, 2.45) is 7.05 Å². The van der Waals surface area contributed by atoms with Crippen LogP contribution >= 0.6 is 0 Å².